The van der Waals surface area contributed by atoms with Gasteiger partial charge in [-0.15, -0.1) is 0 Å². The van der Waals surface area contributed by atoms with Gasteiger partial charge in [-0.2, -0.15) is 13.2 Å². The van der Waals surface area contributed by atoms with Crippen molar-refractivity contribution in [1.29, 1.82) is 0 Å². The highest BCUT2D eigenvalue weighted by atomic mass is 32.2. The number of carbonyl (C=O) groups is 3. The van der Waals surface area contributed by atoms with Gasteiger partial charge in [0.15, 0.2) is 0 Å². The Morgan fingerprint density at radius 3 is 2.00 bits per heavy atom. The van der Waals surface area contributed by atoms with E-state index in [9.17, 15) is 36.3 Å². The Labute approximate surface area is 229 Å². The fraction of sp³-hybridized carbons (Fsp3) is 0.400. The van der Waals surface area contributed by atoms with Crippen LogP contribution in [0.2, 0.25) is 0 Å². The second kappa shape index (κ2) is 13.5. The smallest absolute Gasteiger partial charge is 0.478 e. The van der Waals surface area contributed by atoms with Gasteiger partial charge >= 0.3 is 18.1 Å². The molecule has 2 aromatic carbocycles. The summed E-state index contributed by atoms with van der Waals surface area (Å²) >= 11 is 0. The quantitative estimate of drug-likeness (QED) is 0.364. The van der Waals surface area contributed by atoms with E-state index in [4.69, 9.17) is 9.90 Å². The van der Waals surface area contributed by atoms with Gasteiger partial charge in [-0.05, 0) is 51.1 Å². The normalized spacial score (nSPS) is 14.2. The fourth-order valence-electron chi connectivity index (χ4n) is 3.67. The monoisotopic (exact) mass is 588 g/mol. The number of aryl methyl sites for hydroxylation is 1. The lowest BCUT2D eigenvalue weighted by molar-refractivity contribution is -0.192. The molecular weight excluding hydrogens is 557 g/mol. The Morgan fingerprint density at radius 1 is 0.975 bits per heavy atom. The van der Waals surface area contributed by atoms with Crippen LogP contribution in [0, 0.1) is 6.92 Å². The van der Waals surface area contributed by atoms with Gasteiger partial charge in [0.2, 0.25) is 5.91 Å². The van der Waals surface area contributed by atoms with Gasteiger partial charge in [-0.25, -0.2) is 18.0 Å². The van der Waals surface area contributed by atoms with Crippen molar-refractivity contribution < 1.29 is 46.2 Å². The predicted molar refractivity (Wildman–Crippen MR) is 141 cm³/mol. The second-order valence-corrected chi connectivity index (χ2v) is 10.9. The minimum Gasteiger partial charge on any atom is -0.478 e. The molecule has 2 aromatic rings. The minimum absolute atomic E-state index is 0.00986. The molecule has 1 aliphatic rings. The summed E-state index contributed by atoms with van der Waals surface area (Å²) in [6, 6.07) is 10.9. The number of alkyl halides is 3. The number of nitrogens with one attached hydrogen (secondary N) is 2. The van der Waals surface area contributed by atoms with Crippen LogP contribution in [0.4, 0.5) is 24.5 Å². The second-order valence-electron chi connectivity index (χ2n) is 9.24. The molecule has 1 saturated heterocycles. The van der Waals surface area contributed by atoms with E-state index in [1.807, 2.05) is 30.6 Å². The number of hydrogen-bond acceptors (Lipinski definition) is 7. The molecule has 220 valence electrons. The first kappa shape index (κ1) is 32.4. The number of amides is 1. The summed E-state index contributed by atoms with van der Waals surface area (Å²) in [5.74, 6) is -3.93. The number of nitrogens with zero attached hydrogens (tertiary/aromatic N) is 2. The van der Waals surface area contributed by atoms with E-state index in [1.54, 1.807) is 18.2 Å². The van der Waals surface area contributed by atoms with Crippen LogP contribution in [0.3, 0.4) is 0 Å². The van der Waals surface area contributed by atoms with E-state index < -0.39 is 28.1 Å². The molecule has 0 radical (unpaired) electrons. The highest BCUT2D eigenvalue weighted by molar-refractivity contribution is 7.92. The van der Waals surface area contributed by atoms with Crippen molar-refractivity contribution in [3.63, 3.8) is 0 Å². The molecule has 0 aromatic heterocycles. The maximum Gasteiger partial charge on any atom is 0.490 e. The molecule has 0 saturated carbocycles. The Balaban J connectivity index is 0.000000708. The summed E-state index contributed by atoms with van der Waals surface area (Å²) in [4.78, 5) is 36.6. The van der Waals surface area contributed by atoms with Gasteiger partial charge in [0, 0.05) is 32.2 Å². The summed E-state index contributed by atoms with van der Waals surface area (Å²) in [6.45, 7) is 8.38. The molecule has 11 nitrogen and oxygen atoms in total. The highest BCUT2D eigenvalue weighted by Gasteiger charge is 2.38. The summed E-state index contributed by atoms with van der Waals surface area (Å²) in [7, 11) is -3.90. The molecule has 15 heteroatoms. The molecule has 1 amide bonds. The molecule has 40 heavy (non-hydrogen) atoms. The first-order valence-corrected chi connectivity index (χ1v) is 13.5. The first-order valence-electron chi connectivity index (χ1n) is 12.0. The molecule has 0 atom stereocenters. The number of carboxylic acids is 2. The molecule has 0 spiro atoms. The Kier molecular flexibility index (Phi) is 10.9. The van der Waals surface area contributed by atoms with Gasteiger partial charge < -0.3 is 20.4 Å². The number of rotatable bonds is 8. The number of piperazine rings is 1. The van der Waals surface area contributed by atoms with Crippen molar-refractivity contribution in [3.8, 4) is 0 Å². The zero-order valence-electron chi connectivity index (χ0n) is 22.0. The van der Waals surface area contributed by atoms with E-state index >= 15 is 0 Å². The molecule has 1 fully saturated rings. The molecule has 0 bridgehead atoms. The third kappa shape index (κ3) is 9.72. The van der Waals surface area contributed by atoms with Crippen LogP contribution in [0.1, 0.15) is 29.8 Å². The van der Waals surface area contributed by atoms with Crippen LogP contribution < -0.4 is 14.9 Å². The molecular formula is C25H31F3N4O7S. The van der Waals surface area contributed by atoms with Gasteiger partial charge in [0.1, 0.15) is 0 Å². The third-order valence-electron chi connectivity index (χ3n) is 5.59. The van der Waals surface area contributed by atoms with Crippen LogP contribution in [0.15, 0.2) is 47.4 Å². The van der Waals surface area contributed by atoms with E-state index in [-0.39, 0.29) is 28.1 Å². The van der Waals surface area contributed by atoms with Gasteiger partial charge in [0.25, 0.3) is 10.0 Å². The molecule has 3 rings (SSSR count). The maximum absolute atomic E-state index is 13.0. The van der Waals surface area contributed by atoms with Crippen molar-refractivity contribution in [2.75, 3.05) is 42.3 Å². The van der Waals surface area contributed by atoms with Crippen LogP contribution in [-0.2, 0) is 19.6 Å². The zero-order chi connectivity index (χ0) is 30.3. The summed E-state index contributed by atoms with van der Waals surface area (Å²) in [6.07, 6.45) is -5.08. The SMILES string of the molecule is Cc1ccc(S(=O)(=O)Nc2cc(C(=O)O)ccc2N2CCN(CC(=O)NC(C)C)CC2)cc1.O=C(O)C(F)(F)F. The molecule has 4 N–H and O–H groups in total. The zero-order valence-corrected chi connectivity index (χ0v) is 22.8. The number of aromatic carboxylic acids is 1. The van der Waals surface area contributed by atoms with Crippen molar-refractivity contribution in [2.24, 2.45) is 0 Å². The number of aliphatic carboxylic acids is 1. The van der Waals surface area contributed by atoms with Crippen molar-refractivity contribution in [3.05, 3.63) is 53.6 Å². The number of carboxylic acid groups (broad SMARTS) is 2. The number of sulfonamides is 1. The van der Waals surface area contributed by atoms with E-state index in [1.165, 1.54) is 24.3 Å². The average molecular weight is 589 g/mol. The average Bonchev–Trinajstić information content (AvgIpc) is 2.84. The molecule has 1 aliphatic heterocycles. The van der Waals surface area contributed by atoms with Crippen LogP contribution in [-0.4, -0.2) is 86.3 Å². The Morgan fingerprint density at radius 2 is 1.52 bits per heavy atom. The Bertz CT molecular complexity index is 1310. The lowest BCUT2D eigenvalue weighted by Gasteiger charge is -2.36. The minimum atomic E-state index is -5.08. The first-order chi connectivity index (χ1) is 18.5. The van der Waals surface area contributed by atoms with E-state index in [0.717, 1.165) is 5.56 Å². The van der Waals surface area contributed by atoms with Crippen LogP contribution >= 0.6 is 0 Å². The van der Waals surface area contributed by atoms with Gasteiger partial charge in [0.05, 0.1) is 28.4 Å². The fourth-order valence-corrected chi connectivity index (χ4v) is 4.73. The lowest BCUT2D eigenvalue weighted by Crippen LogP contribution is -2.50. The Hall–Kier alpha value is -3.85. The summed E-state index contributed by atoms with van der Waals surface area (Å²) in [5.41, 5.74) is 1.73. The van der Waals surface area contributed by atoms with Crippen LogP contribution in [0.25, 0.3) is 0 Å². The number of benzene rings is 2. The summed E-state index contributed by atoms with van der Waals surface area (Å²) in [5, 5.41) is 19.4. The number of hydrogen-bond donors (Lipinski definition) is 4. The lowest BCUT2D eigenvalue weighted by atomic mass is 10.1. The molecule has 0 aliphatic carbocycles. The number of carbonyl (C=O) groups excluding carboxylic acids is 1. The standard InChI is InChI=1S/C23H30N4O5S.C2HF3O2/c1-16(2)24-22(28)15-26-10-12-27(13-11-26)21-9-6-18(23(29)30)14-20(21)25-33(31,32)19-7-4-17(3)5-8-19;3-2(4,5)1(6)7/h4-9,14,16,25H,10-13,15H2,1-3H3,(H,24,28)(H,29,30);(H,6,7). The van der Waals surface area contributed by atoms with Crippen molar-refractivity contribution in [1.82, 2.24) is 10.2 Å². The van der Waals surface area contributed by atoms with Crippen molar-refractivity contribution in [2.45, 2.75) is 37.9 Å². The van der Waals surface area contributed by atoms with Gasteiger partial charge in [-0.3, -0.25) is 14.4 Å². The van der Waals surface area contributed by atoms with Crippen LogP contribution in [0.5, 0.6) is 0 Å². The number of anilines is 2. The van der Waals surface area contributed by atoms with E-state index in [0.29, 0.717) is 38.4 Å². The maximum atomic E-state index is 13.0. The molecule has 0 unspecified atom stereocenters. The third-order valence-corrected chi connectivity index (χ3v) is 6.97. The van der Waals surface area contributed by atoms with Crippen molar-refractivity contribution >= 4 is 39.2 Å². The topological polar surface area (TPSA) is 156 Å². The summed E-state index contributed by atoms with van der Waals surface area (Å²) < 4.78 is 60.2. The van der Waals surface area contributed by atoms with E-state index in [2.05, 4.69) is 10.0 Å². The molecule has 1 heterocycles. The largest absolute Gasteiger partial charge is 0.490 e. The van der Waals surface area contributed by atoms with Gasteiger partial charge in [-0.1, -0.05) is 17.7 Å². The number of halogens is 3. The highest BCUT2D eigenvalue weighted by Crippen LogP contribution is 2.30. The predicted octanol–water partition coefficient (Wildman–Crippen LogP) is 2.77.